The van der Waals surface area contributed by atoms with E-state index in [-0.39, 0.29) is 0 Å². The minimum atomic E-state index is 0.291. The number of nitrogens with zero attached hydrogens (tertiary/aromatic N) is 2. The Labute approximate surface area is 126 Å². The molecule has 5 rings (SSSR count). The molecule has 4 fully saturated rings. The minimum Gasteiger partial charge on any atom is -0.384 e. The van der Waals surface area contributed by atoms with Gasteiger partial charge in [0.05, 0.1) is 0 Å². The quantitative estimate of drug-likeness (QED) is 0.890. The third kappa shape index (κ3) is 2.49. The van der Waals surface area contributed by atoms with E-state index in [0.29, 0.717) is 11.4 Å². The van der Waals surface area contributed by atoms with E-state index in [4.69, 9.17) is 10.7 Å². The molecular weight excluding hydrogens is 260 g/mol. The highest BCUT2D eigenvalue weighted by Gasteiger charge is 2.51. The molecule has 0 atom stereocenters. The largest absolute Gasteiger partial charge is 0.384 e. The van der Waals surface area contributed by atoms with Gasteiger partial charge in [-0.25, -0.2) is 9.97 Å². The van der Waals surface area contributed by atoms with Crippen molar-refractivity contribution in [3.8, 4) is 0 Å². The highest BCUT2D eigenvalue weighted by Crippen LogP contribution is 2.56. The van der Waals surface area contributed by atoms with Crippen molar-refractivity contribution in [2.24, 2.45) is 17.8 Å². The molecule has 4 saturated carbocycles. The Morgan fingerprint density at radius 1 is 1.14 bits per heavy atom. The van der Waals surface area contributed by atoms with Crippen LogP contribution < -0.4 is 11.1 Å². The Morgan fingerprint density at radius 3 is 2.33 bits per heavy atom. The number of aromatic nitrogens is 2. The zero-order chi connectivity index (χ0) is 14.4. The summed E-state index contributed by atoms with van der Waals surface area (Å²) in [6.45, 7) is 2.15. The fraction of sp³-hybridized carbons (Fsp3) is 0.765. The number of hydrogen-bond acceptors (Lipinski definition) is 4. The third-order valence-corrected chi connectivity index (χ3v) is 5.70. The van der Waals surface area contributed by atoms with Gasteiger partial charge in [0.15, 0.2) is 0 Å². The number of nitrogen functional groups attached to an aromatic ring is 1. The van der Waals surface area contributed by atoms with Gasteiger partial charge >= 0.3 is 0 Å². The molecule has 0 unspecified atom stereocenters. The van der Waals surface area contributed by atoms with Crippen molar-refractivity contribution in [2.45, 2.75) is 63.8 Å². The van der Waals surface area contributed by atoms with Crippen LogP contribution in [-0.4, -0.2) is 15.5 Å². The number of nitrogens with two attached hydrogens (primary N) is 1. The second-order valence-corrected chi connectivity index (χ2v) is 7.67. The molecule has 4 heteroatoms. The van der Waals surface area contributed by atoms with Crippen LogP contribution in [0.5, 0.6) is 0 Å². The molecule has 0 aromatic carbocycles. The predicted molar refractivity (Wildman–Crippen MR) is 85.0 cm³/mol. The molecule has 1 heterocycles. The molecule has 0 radical (unpaired) electrons. The Kier molecular flexibility index (Phi) is 3.09. The zero-order valence-electron chi connectivity index (χ0n) is 12.9. The van der Waals surface area contributed by atoms with Crippen LogP contribution in [0.1, 0.15) is 57.7 Å². The molecule has 0 amide bonds. The first-order valence-corrected chi connectivity index (χ1v) is 8.56. The lowest BCUT2D eigenvalue weighted by Crippen LogP contribution is -2.54. The van der Waals surface area contributed by atoms with Crippen LogP contribution in [0.2, 0.25) is 0 Å². The summed E-state index contributed by atoms with van der Waals surface area (Å²) in [5, 5.41) is 3.80. The highest BCUT2D eigenvalue weighted by molar-refractivity contribution is 5.47. The molecule has 4 nitrogen and oxygen atoms in total. The van der Waals surface area contributed by atoms with Gasteiger partial charge in [-0.2, -0.15) is 0 Å². The van der Waals surface area contributed by atoms with E-state index in [9.17, 15) is 0 Å². The molecular formula is C17H26N4. The summed E-state index contributed by atoms with van der Waals surface area (Å²) in [7, 11) is 0. The van der Waals surface area contributed by atoms with E-state index in [1.54, 1.807) is 0 Å². The van der Waals surface area contributed by atoms with Crippen LogP contribution in [0.15, 0.2) is 6.07 Å². The molecule has 114 valence electrons. The Hall–Kier alpha value is -1.32. The summed E-state index contributed by atoms with van der Waals surface area (Å²) in [5.41, 5.74) is 6.26. The number of aryl methyl sites for hydroxylation is 1. The standard InChI is InChI=1S/C17H26N4/c1-2-3-15-19-14(18)7-16(20-15)21-17-8-11-4-12(9-17)6-13(5-11)10-17/h7,11-13H,2-6,8-10H2,1H3,(H3,18,19,20,21). The summed E-state index contributed by atoms with van der Waals surface area (Å²) in [6.07, 6.45) is 10.3. The van der Waals surface area contributed by atoms with Crippen molar-refractivity contribution in [3.63, 3.8) is 0 Å². The van der Waals surface area contributed by atoms with E-state index in [1.165, 1.54) is 38.5 Å². The third-order valence-electron chi connectivity index (χ3n) is 5.70. The summed E-state index contributed by atoms with van der Waals surface area (Å²) in [5.74, 6) is 5.26. The maximum Gasteiger partial charge on any atom is 0.133 e. The zero-order valence-corrected chi connectivity index (χ0v) is 12.9. The molecule has 4 aliphatic carbocycles. The van der Waals surface area contributed by atoms with E-state index < -0.39 is 0 Å². The normalized spacial score (nSPS) is 36.9. The van der Waals surface area contributed by atoms with Crippen LogP contribution in [0.3, 0.4) is 0 Å². The van der Waals surface area contributed by atoms with E-state index in [1.807, 2.05) is 6.07 Å². The van der Waals surface area contributed by atoms with Gasteiger partial charge in [0.25, 0.3) is 0 Å². The van der Waals surface area contributed by atoms with Gasteiger partial charge in [-0.15, -0.1) is 0 Å². The van der Waals surface area contributed by atoms with E-state index in [2.05, 4.69) is 17.2 Å². The lowest BCUT2D eigenvalue weighted by molar-refractivity contribution is 0.0105. The Morgan fingerprint density at radius 2 is 1.76 bits per heavy atom. The number of nitrogens with one attached hydrogen (secondary N) is 1. The SMILES string of the molecule is CCCc1nc(N)cc(NC23CC4CC(CC(C4)C2)C3)n1. The van der Waals surface area contributed by atoms with Gasteiger partial charge in [0, 0.05) is 18.0 Å². The molecule has 21 heavy (non-hydrogen) atoms. The topological polar surface area (TPSA) is 63.8 Å². The molecule has 1 aromatic rings. The first-order chi connectivity index (χ1) is 10.1. The number of anilines is 2. The van der Waals surface area contributed by atoms with Crippen molar-refractivity contribution < 1.29 is 0 Å². The van der Waals surface area contributed by atoms with Crippen molar-refractivity contribution in [2.75, 3.05) is 11.1 Å². The molecule has 0 aliphatic heterocycles. The predicted octanol–water partition coefficient (Wildman–Crippen LogP) is 3.39. The van der Waals surface area contributed by atoms with Crippen LogP contribution in [0.4, 0.5) is 11.6 Å². The van der Waals surface area contributed by atoms with Gasteiger partial charge in [0.1, 0.15) is 17.5 Å². The van der Waals surface area contributed by atoms with Crippen molar-refractivity contribution >= 4 is 11.6 Å². The fourth-order valence-corrected chi connectivity index (χ4v) is 5.45. The lowest BCUT2D eigenvalue weighted by atomic mass is 9.53. The van der Waals surface area contributed by atoms with Gasteiger partial charge in [-0.1, -0.05) is 6.92 Å². The average Bonchev–Trinajstić information content (AvgIpc) is 2.35. The molecule has 4 bridgehead atoms. The van der Waals surface area contributed by atoms with E-state index >= 15 is 0 Å². The first-order valence-electron chi connectivity index (χ1n) is 8.56. The molecule has 4 aliphatic rings. The molecule has 0 spiro atoms. The van der Waals surface area contributed by atoms with E-state index in [0.717, 1.165) is 42.2 Å². The highest BCUT2D eigenvalue weighted by atomic mass is 15.1. The second-order valence-electron chi connectivity index (χ2n) is 7.67. The summed E-state index contributed by atoms with van der Waals surface area (Å²) in [4.78, 5) is 9.04. The molecule has 1 aromatic heterocycles. The summed E-state index contributed by atoms with van der Waals surface area (Å²) < 4.78 is 0. The van der Waals surface area contributed by atoms with Gasteiger partial charge in [-0.05, 0) is 62.7 Å². The van der Waals surface area contributed by atoms with Gasteiger partial charge in [0.2, 0.25) is 0 Å². The molecule has 3 N–H and O–H groups in total. The van der Waals surface area contributed by atoms with Crippen LogP contribution in [0.25, 0.3) is 0 Å². The monoisotopic (exact) mass is 286 g/mol. The van der Waals surface area contributed by atoms with Gasteiger partial charge < -0.3 is 11.1 Å². The summed E-state index contributed by atoms with van der Waals surface area (Å²) in [6, 6.07) is 1.91. The van der Waals surface area contributed by atoms with Crippen molar-refractivity contribution in [3.05, 3.63) is 11.9 Å². The average molecular weight is 286 g/mol. The fourth-order valence-electron chi connectivity index (χ4n) is 5.45. The van der Waals surface area contributed by atoms with Gasteiger partial charge in [-0.3, -0.25) is 0 Å². The van der Waals surface area contributed by atoms with Crippen LogP contribution in [-0.2, 0) is 6.42 Å². The smallest absolute Gasteiger partial charge is 0.133 e. The maximum atomic E-state index is 5.97. The lowest BCUT2D eigenvalue weighted by Gasteiger charge is -2.57. The van der Waals surface area contributed by atoms with Crippen molar-refractivity contribution in [1.82, 2.24) is 9.97 Å². The molecule has 0 saturated heterocycles. The maximum absolute atomic E-state index is 5.97. The Balaban J connectivity index is 1.58. The number of rotatable bonds is 4. The Bertz CT molecular complexity index is 504. The number of hydrogen-bond donors (Lipinski definition) is 2. The van der Waals surface area contributed by atoms with Crippen LogP contribution >= 0.6 is 0 Å². The summed E-state index contributed by atoms with van der Waals surface area (Å²) >= 11 is 0. The minimum absolute atomic E-state index is 0.291. The first kappa shape index (κ1) is 13.4. The van der Waals surface area contributed by atoms with Crippen LogP contribution in [0, 0.1) is 17.8 Å². The second kappa shape index (κ2) is 4.85. The van der Waals surface area contributed by atoms with Crippen molar-refractivity contribution in [1.29, 1.82) is 0 Å².